The fraction of sp³-hybridized carbons (Fsp3) is 0.286. The molecule has 1 aliphatic rings. The first-order valence-corrected chi connectivity index (χ1v) is 10.2. The molecule has 0 atom stereocenters. The summed E-state index contributed by atoms with van der Waals surface area (Å²) in [7, 11) is 1.46. The molecule has 32 heavy (non-hydrogen) atoms. The van der Waals surface area contributed by atoms with Gasteiger partial charge in [-0.1, -0.05) is 17.7 Å². The Morgan fingerprint density at radius 3 is 2.34 bits per heavy atom. The molecular weight excluding hydrogens is 439 g/mol. The fourth-order valence-corrected chi connectivity index (χ4v) is 3.77. The molecule has 1 fully saturated rings. The van der Waals surface area contributed by atoms with Crippen LogP contribution in [0.5, 0.6) is 5.75 Å². The number of hydrogen-bond acceptors (Lipinski definition) is 6. The second-order valence-electron chi connectivity index (χ2n) is 7.31. The summed E-state index contributed by atoms with van der Waals surface area (Å²) in [6.45, 7) is 2.96. The van der Waals surface area contributed by atoms with E-state index in [2.05, 4.69) is 15.5 Å². The van der Waals surface area contributed by atoms with E-state index in [-0.39, 0.29) is 16.8 Å². The Labute approximate surface area is 188 Å². The number of tetrazole rings is 1. The number of aromatic nitrogens is 4. The van der Waals surface area contributed by atoms with E-state index in [1.165, 1.54) is 30.3 Å². The van der Waals surface area contributed by atoms with Crippen LogP contribution in [0.4, 0.5) is 4.39 Å². The largest absolute Gasteiger partial charge is 0.496 e. The smallest absolute Gasteiger partial charge is 0.257 e. The summed E-state index contributed by atoms with van der Waals surface area (Å²) in [6, 6.07) is 7.55. The molecule has 2 heterocycles. The van der Waals surface area contributed by atoms with Crippen molar-refractivity contribution in [3.63, 3.8) is 0 Å². The number of carbonyl (C=O) groups is 2. The number of ether oxygens (including phenoxy) is 1. The lowest BCUT2D eigenvalue weighted by Crippen LogP contribution is -2.50. The van der Waals surface area contributed by atoms with Gasteiger partial charge in [0, 0.05) is 37.8 Å². The Morgan fingerprint density at radius 2 is 1.75 bits per heavy atom. The van der Waals surface area contributed by atoms with Crippen molar-refractivity contribution in [3.05, 3.63) is 64.2 Å². The van der Waals surface area contributed by atoms with Crippen molar-refractivity contribution in [2.24, 2.45) is 0 Å². The number of aryl methyl sites for hydroxylation is 1. The number of halogens is 2. The fourth-order valence-electron chi connectivity index (χ4n) is 3.52. The molecule has 0 saturated carbocycles. The number of methoxy groups -OCH3 is 1. The van der Waals surface area contributed by atoms with Gasteiger partial charge < -0.3 is 14.5 Å². The minimum atomic E-state index is -0.418. The number of piperazine rings is 1. The lowest BCUT2D eigenvalue weighted by atomic mass is 10.1. The molecule has 1 saturated heterocycles. The van der Waals surface area contributed by atoms with Crippen LogP contribution in [0, 0.1) is 12.7 Å². The molecule has 0 radical (unpaired) electrons. The lowest BCUT2D eigenvalue weighted by molar-refractivity contribution is 0.0533. The summed E-state index contributed by atoms with van der Waals surface area (Å²) in [4.78, 5) is 29.1. The average molecular weight is 459 g/mol. The topological polar surface area (TPSA) is 93.4 Å². The number of carbonyl (C=O) groups excluding carboxylic acids is 2. The van der Waals surface area contributed by atoms with Gasteiger partial charge in [0.05, 0.1) is 23.4 Å². The number of nitrogens with zero attached hydrogens (tertiary/aromatic N) is 6. The maximum Gasteiger partial charge on any atom is 0.257 e. The number of benzene rings is 2. The molecule has 2 aromatic carbocycles. The van der Waals surface area contributed by atoms with Crippen LogP contribution in [0.3, 0.4) is 0 Å². The van der Waals surface area contributed by atoms with Gasteiger partial charge in [0.1, 0.15) is 17.9 Å². The van der Waals surface area contributed by atoms with E-state index in [1.807, 2.05) is 0 Å². The normalized spacial score (nSPS) is 13.9. The highest BCUT2D eigenvalue weighted by Crippen LogP contribution is 2.30. The van der Waals surface area contributed by atoms with E-state index in [0.29, 0.717) is 54.3 Å². The molecule has 0 aliphatic carbocycles. The minimum absolute atomic E-state index is 0.262. The van der Waals surface area contributed by atoms with Gasteiger partial charge in [-0.15, -0.1) is 5.10 Å². The summed E-state index contributed by atoms with van der Waals surface area (Å²) in [5.74, 6) is -0.611. The molecule has 0 spiro atoms. The monoisotopic (exact) mass is 458 g/mol. The Kier molecular flexibility index (Phi) is 6.04. The van der Waals surface area contributed by atoms with Crippen molar-refractivity contribution in [1.82, 2.24) is 30.0 Å². The third kappa shape index (κ3) is 4.13. The summed E-state index contributed by atoms with van der Waals surface area (Å²) >= 11 is 6.36. The molecule has 0 bridgehead atoms. The Balaban J connectivity index is 1.48. The van der Waals surface area contributed by atoms with Crippen molar-refractivity contribution in [3.8, 4) is 11.4 Å². The Bertz CT molecular complexity index is 1160. The van der Waals surface area contributed by atoms with Gasteiger partial charge in [-0.05, 0) is 41.1 Å². The Hall–Kier alpha value is -3.53. The van der Waals surface area contributed by atoms with Crippen molar-refractivity contribution in [2.45, 2.75) is 6.92 Å². The average Bonchev–Trinajstić information content (AvgIpc) is 3.34. The van der Waals surface area contributed by atoms with Crippen LogP contribution in [0.15, 0.2) is 36.7 Å². The number of amides is 2. The van der Waals surface area contributed by atoms with Crippen LogP contribution in [0.1, 0.15) is 26.3 Å². The zero-order chi connectivity index (χ0) is 22.8. The van der Waals surface area contributed by atoms with Gasteiger partial charge in [-0.2, -0.15) is 4.68 Å². The summed E-state index contributed by atoms with van der Waals surface area (Å²) < 4.78 is 20.6. The first kappa shape index (κ1) is 21.7. The first-order valence-electron chi connectivity index (χ1n) is 9.84. The van der Waals surface area contributed by atoms with Crippen LogP contribution in [-0.2, 0) is 0 Å². The standard InChI is InChI=1S/C21H20ClFN6O3/c1-13-3-4-14(9-17(13)23)20(30)27-5-7-28(8-6-27)21(31)15-10-16(22)18(11-19(15)32-2)29-12-24-25-26-29/h3-4,9-12H,5-8H2,1-2H3. The minimum Gasteiger partial charge on any atom is -0.496 e. The zero-order valence-corrected chi connectivity index (χ0v) is 18.2. The summed E-state index contributed by atoms with van der Waals surface area (Å²) in [5, 5.41) is 11.3. The first-order chi connectivity index (χ1) is 15.4. The SMILES string of the molecule is COc1cc(-n2cnnn2)c(Cl)cc1C(=O)N1CCN(C(=O)c2ccc(C)c(F)c2)CC1. The van der Waals surface area contributed by atoms with Gasteiger partial charge >= 0.3 is 0 Å². The van der Waals surface area contributed by atoms with E-state index in [4.69, 9.17) is 16.3 Å². The third-order valence-corrected chi connectivity index (χ3v) is 5.67. The van der Waals surface area contributed by atoms with Gasteiger partial charge in [0.15, 0.2) is 0 Å². The highest BCUT2D eigenvalue weighted by Gasteiger charge is 2.28. The molecule has 4 rings (SSSR count). The zero-order valence-electron chi connectivity index (χ0n) is 17.5. The van der Waals surface area contributed by atoms with Crippen LogP contribution < -0.4 is 4.74 Å². The highest BCUT2D eigenvalue weighted by molar-refractivity contribution is 6.33. The molecule has 3 aromatic rings. The van der Waals surface area contributed by atoms with Crippen LogP contribution in [-0.4, -0.2) is 75.1 Å². The number of rotatable bonds is 4. The molecule has 11 heteroatoms. The van der Waals surface area contributed by atoms with Crippen molar-refractivity contribution < 1.29 is 18.7 Å². The second-order valence-corrected chi connectivity index (χ2v) is 7.71. The molecule has 0 unspecified atom stereocenters. The van der Waals surface area contributed by atoms with Crippen molar-refractivity contribution in [2.75, 3.05) is 33.3 Å². The third-order valence-electron chi connectivity index (χ3n) is 5.37. The Morgan fingerprint density at radius 1 is 1.06 bits per heavy atom. The summed E-state index contributed by atoms with van der Waals surface area (Å²) in [6.07, 6.45) is 1.39. The van der Waals surface area contributed by atoms with Crippen LogP contribution in [0.2, 0.25) is 5.02 Å². The molecule has 1 aromatic heterocycles. The van der Waals surface area contributed by atoms with E-state index < -0.39 is 5.82 Å². The van der Waals surface area contributed by atoms with Crippen molar-refractivity contribution >= 4 is 23.4 Å². The number of hydrogen-bond donors (Lipinski definition) is 0. The summed E-state index contributed by atoms with van der Waals surface area (Å²) in [5.41, 5.74) is 1.55. The van der Waals surface area contributed by atoms with E-state index in [1.54, 1.807) is 34.9 Å². The van der Waals surface area contributed by atoms with Gasteiger partial charge in [-0.25, -0.2) is 4.39 Å². The predicted molar refractivity (Wildman–Crippen MR) is 114 cm³/mol. The molecule has 166 valence electrons. The van der Waals surface area contributed by atoms with Crippen LogP contribution >= 0.6 is 11.6 Å². The van der Waals surface area contributed by atoms with E-state index >= 15 is 0 Å². The molecule has 0 N–H and O–H groups in total. The lowest BCUT2D eigenvalue weighted by Gasteiger charge is -2.35. The predicted octanol–water partition coefficient (Wildman–Crippen LogP) is 2.37. The highest BCUT2D eigenvalue weighted by atomic mass is 35.5. The maximum absolute atomic E-state index is 13.8. The second kappa shape index (κ2) is 8.91. The van der Waals surface area contributed by atoms with Crippen LogP contribution in [0.25, 0.3) is 5.69 Å². The quantitative estimate of drug-likeness (QED) is 0.596. The molecule has 9 nitrogen and oxygen atoms in total. The molecular formula is C21H20ClFN6O3. The van der Waals surface area contributed by atoms with Gasteiger partial charge in [0.2, 0.25) is 0 Å². The van der Waals surface area contributed by atoms with E-state index in [9.17, 15) is 14.0 Å². The molecule has 2 amide bonds. The van der Waals surface area contributed by atoms with E-state index in [0.717, 1.165) is 0 Å². The molecule has 1 aliphatic heterocycles. The van der Waals surface area contributed by atoms with Gasteiger partial charge in [-0.3, -0.25) is 9.59 Å². The van der Waals surface area contributed by atoms with Gasteiger partial charge in [0.25, 0.3) is 11.8 Å². The maximum atomic E-state index is 13.8. The van der Waals surface area contributed by atoms with Crippen molar-refractivity contribution in [1.29, 1.82) is 0 Å².